The summed E-state index contributed by atoms with van der Waals surface area (Å²) >= 11 is 0. The first-order valence-electron chi connectivity index (χ1n) is 11.3. The number of non-ortho nitro benzene ring substituents is 1. The second kappa shape index (κ2) is 10.6. The van der Waals surface area contributed by atoms with Crippen molar-refractivity contribution in [1.29, 1.82) is 0 Å². The summed E-state index contributed by atoms with van der Waals surface area (Å²) in [5.74, 6) is -0.405. The Balaban J connectivity index is 1.34. The Kier molecular flexibility index (Phi) is 7.31. The van der Waals surface area contributed by atoms with Crippen LogP contribution in [0.15, 0.2) is 54.6 Å². The molecule has 35 heavy (non-hydrogen) atoms. The minimum absolute atomic E-state index is 0.0276. The maximum Gasteiger partial charge on any atom is 0.318 e. The van der Waals surface area contributed by atoms with Crippen LogP contribution in [0.5, 0.6) is 5.75 Å². The van der Waals surface area contributed by atoms with Crippen molar-refractivity contribution in [3.63, 3.8) is 0 Å². The number of halogens is 1. The molecule has 0 unspecified atom stereocenters. The van der Waals surface area contributed by atoms with Gasteiger partial charge in [-0.15, -0.1) is 0 Å². The molecule has 1 heterocycles. The van der Waals surface area contributed by atoms with E-state index in [1.54, 1.807) is 24.3 Å². The smallest absolute Gasteiger partial charge is 0.318 e. The van der Waals surface area contributed by atoms with Gasteiger partial charge >= 0.3 is 5.69 Å². The first-order chi connectivity index (χ1) is 16.8. The van der Waals surface area contributed by atoms with E-state index in [1.807, 2.05) is 0 Å². The van der Waals surface area contributed by atoms with Crippen molar-refractivity contribution in [3.8, 4) is 5.75 Å². The van der Waals surface area contributed by atoms with Crippen LogP contribution in [0.25, 0.3) is 10.8 Å². The molecule has 0 aliphatic carbocycles. The molecule has 182 valence electrons. The van der Waals surface area contributed by atoms with Gasteiger partial charge in [-0.2, -0.15) is 0 Å². The third kappa shape index (κ3) is 5.43. The molecule has 0 N–H and O–H groups in total. The molecular formula is C25H24FN3O6. The van der Waals surface area contributed by atoms with Crippen LogP contribution in [0.4, 0.5) is 15.8 Å². The Morgan fingerprint density at radius 2 is 1.60 bits per heavy atom. The van der Waals surface area contributed by atoms with Gasteiger partial charge in [-0.25, -0.2) is 4.39 Å². The molecule has 10 heteroatoms. The number of nitro benzene ring substituents is 2. The molecule has 0 bridgehead atoms. The van der Waals surface area contributed by atoms with E-state index in [1.165, 1.54) is 24.3 Å². The van der Waals surface area contributed by atoms with E-state index in [9.17, 15) is 29.4 Å². The lowest BCUT2D eigenvalue weighted by molar-refractivity contribution is -0.393. The topological polar surface area (TPSA) is 116 Å². The van der Waals surface area contributed by atoms with E-state index in [2.05, 4.69) is 4.90 Å². The number of hydrogen-bond acceptors (Lipinski definition) is 7. The number of carbonyl (C=O) groups excluding carboxylic acids is 1. The van der Waals surface area contributed by atoms with Gasteiger partial charge in [0.1, 0.15) is 5.82 Å². The van der Waals surface area contributed by atoms with Crippen molar-refractivity contribution in [3.05, 3.63) is 86.2 Å². The maximum atomic E-state index is 13.1. The summed E-state index contributed by atoms with van der Waals surface area (Å²) in [5, 5.41) is 23.6. The van der Waals surface area contributed by atoms with Gasteiger partial charge in [0.2, 0.25) is 5.75 Å². The zero-order chi connectivity index (χ0) is 24.9. The lowest BCUT2D eigenvalue weighted by Gasteiger charge is -2.31. The molecule has 0 atom stereocenters. The summed E-state index contributed by atoms with van der Waals surface area (Å²) in [6, 6.07) is 13.0. The molecule has 0 saturated carbocycles. The summed E-state index contributed by atoms with van der Waals surface area (Å²) in [4.78, 5) is 36.5. The van der Waals surface area contributed by atoms with Crippen LogP contribution in [0, 0.1) is 32.0 Å². The molecule has 3 aromatic carbocycles. The van der Waals surface area contributed by atoms with Crippen molar-refractivity contribution in [1.82, 2.24) is 4.90 Å². The van der Waals surface area contributed by atoms with Crippen molar-refractivity contribution in [2.24, 2.45) is 5.92 Å². The number of fused-ring (bicyclic) bond motifs is 1. The lowest BCUT2D eigenvalue weighted by atomic mass is 9.89. The van der Waals surface area contributed by atoms with Crippen molar-refractivity contribution < 1.29 is 23.8 Å². The molecule has 0 amide bonds. The van der Waals surface area contributed by atoms with Gasteiger partial charge in [0.25, 0.3) is 5.69 Å². The van der Waals surface area contributed by atoms with Gasteiger partial charge in [-0.3, -0.25) is 25.0 Å². The van der Waals surface area contributed by atoms with Gasteiger partial charge in [0.05, 0.1) is 27.9 Å². The molecule has 1 saturated heterocycles. The number of nitro groups is 2. The number of benzene rings is 3. The van der Waals surface area contributed by atoms with E-state index < -0.39 is 15.5 Å². The van der Waals surface area contributed by atoms with Crippen LogP contribution in [0.3, 0.4) is 0 Å². The molecule has 3 aromatic rings. The highest BCUT2D eigenvalue weighted by atomic mass is 19.1. The fourth-order valence-electron chi connectivity index (χ4n) is 4.48. The number of Topliss-reactive ketones (excluding diaryl/α,β-unsaturated/α-hetero) is 1. The Morgan fingerprint density at radius 1 is 0.971 bits per heavy atom. The van der Waals surface area contributed by atoms with E-state index >= 15 is 0 Å². The van der Waals surface area contributed by atoms with E-state index in [-0.39, 0.29) is 40.9 Å². The van der Waals surface area contributed by atoms with Crippen LogP contribution in [0.1, 0.15) is 29.6 Å². The normalized spacial score (nSPS) is 14.7. The molecule has 1 aliphatic rings. The van der Waals surface area contributed by atoms with Crippen molar-refractivity contribution >= 4 is 27.9 Å². The van der Waals surface area contributed by atoms with Crippen LogP contribution in [-0.4, -0.2) is 46.8 Å². The van der Waals surface area contributed by atoms with Crippen molar-refractivity contribution in [2.45, 2.75) is 19.3 Å². The van der Waals surface area contributed by atoms with E-state index in [4.69, 9.17) is 4.74 Å². The first kappa shape index (κ1) is 24.2. The van der Waals surface area contributed by atoms with Gasteiger partial charge in [-0.1, -0.05) is 18.2 Å². The van der Waals surface area contributed by atoms with E-state index in [0.29, 0.717) is 36.8 Å². The van der Waals surface area contributed by atoms with Gasteiger partial charge in [-0.05, 0) is 62.7 Å². The SMILES string of the molecule is O=C(c1ccc(F)cc1)C1CCN(CCCOc2c([N+](=O)[O-])cc([N+](=O)[O-])c3ccccc23)CC1. The van der Waals surface area contributed by atoms with Gasteiger partial charge in [0, 0.05) is 23.4 Å². The Labute approximate surface area is 200 Å². The maximum absolute atomic E-state index is 13.1. The highest BCUT2D eigenvalue weighted by Gasteiger charge is 2.28. The summed E-state index contributed by atoms with van der Waals surface area (Å²) in [7, 11) is 0. The average molecular weight is 481 g/mol. The number of likely N-dealkylation sites (tertiary alicyclic amines) is 1. The summed E-state index contributed by atoms with van der Waals surface area (Å²) in [5.41, 5.74) is -0.247. The minimum atomic E-state index is -0.669. The number of ether oxygens (including phenoxy) is 1. The molecule has 9 nitrogen and oxygen atoms in total. The van der Waals surface area contributed by atoms with E-state index in [0.717, 1.165) is 19.2 Å². The zero-order valence-corrected chi connectivity index (χ0v) is 18.9. The number of piperidine rings is 1. The number of carbonyl (C=O) groups is 1. The molecule has 0 radical (unpaired) electrons. The molecule has 4 rings (SSSR count). The van der Waals surface area contributed by atoms with Crippen LogP contribution >= 0.6 is 0 Å². The third-order valence-corrected chi connectivity index (χ3v) is 6.30. The standard InChI is InChI=1S/C25H24FN3O6/c26-19-8-6-17(7-9-19)24(30)18-10-13-27(14-11-18)12-3-15-35-25-21-5-2-1-4-20(21)22(28(31)32)16-23(25)29(33)34/h1-2,4-9,16,18H,3,10-15H2. The Morgan fingerprint density at radius 3 is 2.23 bits per heavy atom. The summed E-state index contributed by atoms with van der Waals surface area (Å²) in [6.45, 7) is 2.36. The molecular weight excluding hydrogens is 457 g/mol. The van der Waals surface area contributed by atoms with Gasteiger partial charge < -0.3 is 9.64 Å². The highest BCUT2D eigenvalue weighted by Crippen LogP contribution is 2.41. The van der Waals surface area contributed by atoms with Crippen LogP contribution in [-0.2, 0) is 0 Å². The highest BCUT2D eigenvalue weighted by molar-refractivity contribution is 5.99. The average Bonchev–Trinajstić information content (AvgIpc) is 2.86. The monoisotopic (exact) mass is 481 g/mol. The summed E-state index contributed by atoms with van der Waals surface area (Å²) in [6.07, 6.45) is 2.00. The fourth-order valence-corrected chi connectivity index (χ4v) is 4.48. The Bertz CT molecular complexity index is 1260. The quantitative estimate of drug-likeness (QED) is 0.179. The molecule has 0 aromatic heterocycles. The second-order valence-electron chi connectivity index (χ2n) is 8.49. The predicted octanol–water partition coefficient (Wildman–Crippen LogP) is 5.16. The predicted molar refractivity (Wildman–Crippen MR) is 127 cm³/mol. The number of rotatable bonds is 9. The van der Waals surface area contributed by atoms with Crippen LogP contribution < -0.4 is 4.74 Å². The number of nitrogens with zero attached hydrogens (tertiary/aromatic N) is 3. The number of ketones is 1. The largest absolute Gasteiger partial charge is 0.486 e. The fraction of sp³-hybridized carbons (Fsp3) is 0.320. The minimum Gasteiger partial charge on any atom is -0.486 e. The zero-order valence-electron chi connectivity index (χ0n) is 18.9. The Hall–Kier alpha value is -3.92. The molecule has 0 spiro atoms. The van der Waals surface area contributed by atoms with Crippen molar-refractivity contribution in [2.75, 3.05) is 26.2 Å². The summed E-state index contributed by atoms with van der Waals surface area (Å²) < 4.78 is 18.9. The lowest BCUT2D eigenvalue weighted by Crippen LogP contribution is -2.37. The molecule has 1 fully saturated rings. The van der Waals surface area contributed by atoms with Crippen LogP contribution in [0.2, 0.25) is 0 Å². The third-order valence-electron chi connectivity index (χ3n) is 6.30. The molecule has 1 aliphatic heterocycles. The second-order valence-corrected chi connectivity index (χ2v) is 8.49. The van der Waals surface area contributed by atoms with Gasteiger partial charge in [0.15, 0.2) is 5.78 Å². The number of hydrogen-bond donors (Lipinski definition) is 0. The first-order valence-corrected chi connectivity index (χ1v) is 11.3.